The smallest absolute Gasteiger partial charge is 0.324 e. The second-order valence-corrected chi connectivity index (χ2v) is 6.69. The largest absolute Gasteiger partial charge is 0.497 e. The van der Waals surface area contributed by atoms with Gasteiger partial charge in [-0.15, -0.1) is 10.2 Å². The van der Waals surface area contributed by atoms with Gasteiger partial charge in [0.2, 0.25) is 5.89 Å². The molecule has 1 atom stereocenters. The van der Waals surface area contributed by atoms with E-state index in [0.29, 0.717) is 29.6 Å². The minimum absolute atomic E-state index is 0.263. The molecule has 0 N–H and O–H groups in total. The zero-order chi connectivity index (χ0) is 19.9. The van der Waals surface area contributed by atoms with Crippen molar-refractivity contribution in [2.24, 2.45) is 0 Å². The summed E-state index contributed by atoms with van der Waals surface area (Å²) in [5, 5.41) is 7.82. The number of rotatable bonds is 8. The number of nitrogens with zero attached hydrogens (tertiary/aromatic N) is 2. The third-order valence-corrected chi connectivity index (χ3v) is 4.89. The standard InChI is InChI=1S/C20H20N2O5S/c1-4-26-19(23)17(13-8-6-5-7-9-13)28-20-22-21-18(27-20)14-10-15(24-2)12-16(11-14)25-3/h5-12,17H,4H2,1-3H3/t17-/m1/s1. The Labute approximate surface area is 167 Å². The minimum atomic E-state index is -0.603. The molecule has 0 unspecified atom stereocenters. The van der Waals surface area contributed by atoms with Gasteiger partial charge in [-0.2, -0.15) is 0 Å². The summed E-state index contributed by atoms with van der Waals surface area (Å²) in [7, 11) is 3.13. The highest BCUT2D eigenvalue weighted by Crippen LogP contribution is 2.37. The molecular weight excluding hydrogens is 380 g/mol. The van der Waals surface area contributed by atoms with Crippen LogP contribution in [0.1, 0.15) is 17.7 Å². The molecule has 1 heterocycles. The molecule has 0 saturated heterocycles. The summed E-state index contributed by atoms with van der Waals surface area (Å²) in [5.41, 5.74) is 1.46. The first kappa shape index (κ1) is 19.8. The molecule has 28 heavy (non-hydrogen) atoms. The topological polar surface area (TPSA) is 83.7 Å². The first-order chi connectivity index (χ1) is 13.6. The molecule has 2 aromatic carbocycles. The Kier molecular flexibility index (Phi) is 6.54. The van der Waals surface area contributed by atoms with E-state index in [2.05, 4.69) is 10.2 Å². The molecule has 0 radical (unpaired) electrons. The summed E-state index contributed by atoms with van der Waals surface area (Å²) >= 11 is 1.15. The maximum Gasteiger partial charge on any atom is 0.324 e. The summed E-state index contributed by atoms with van der Waals surface area (Å²) in [6.45, 7) is 2.06. The number of methoxy groups -OCH3 is 2. The average molecular weight is 400 g/mol. The van der Waals surface area contributed by atoms with Gasteiger partial charge in [0.1, 0.15) is 16.7 Å². The fourth-order valence-electron chi connectivity index (χ4n) is 2.50. The predicted octanol–water partition coefficient (Wildman–Crippen LogP) is 4.15. The van der Waals surface area contributed by atoms with E-state index in [4.69, 9.17) is 18.6 Å². The van der Waals surface area contributed by atoms with Crippen LogP contribution in [0.15, 0.2) is 58.2 Å². The van der Waals surface area contributed by atoms with Crippen LogP contribution >= 0.6 is 11.8 Å². The summed E-state index contributed by atoms with van der Waals surface area (Å²) in [6, 6.07) is 14.6. The number of ether oxygens (including phenoxy) is 3. The number of esters is 1. The number of thioether (sulfide) groups is 1. The molecule has 0 fully saturated rings. The average Bonchev–Trinajstić information content (AvgIpc) is 3.21. The van der Waals surface area contributed by atoms with Gasteiger partial charge in [-0.3, -0.25) is 4.79 Å². The lowest BCUT2D eigenvalue weighted by Crippen LogP contribution is -2.13. The molecule has 0 spiro atoms. The minimum Gasteiger partial charge on any atom is -0.497 e. The molecule has 0 aliphatic heterocycles. The monoisotopic (exact) mass is 400 g/mol. The first-order valence-electron chi connectivity index (χ1n) is 8.59. The molecule has 8 heteroatoms. The van der Waals surface area contributed by atoms with Crippen molar-refractivity contribution in [2.75, 3.05) is 20.8 Å². The van der Waals surface area contributed by atoms with E-state index < -0.39 is 5.25 Å². The van der Waals surface area contributed by atoms with E-state index >= 15 is 0 Å². The van der Waals surface area contributed by atoms with Crippen molar-refractivity contribution in [1.82, 2.24) is 10.2 Å². The number of aromatic nitrogens is 2. The number of benzene rings is 2. The molecule has 0 amide bonds. The van der Waals surface area contributed by atoms with Gasteiger partial charge in [0.05, 0.1) is 20.8 Å². The summed E-state index contributed by atoms with van der Waals surface area (Å²) in [5.74, 6) is 1.16. The lowest BCUT2D eigenvalue weighted by molar-refractivity contribution is -0.142. The van der Waals surface area contributed by atoms with Crippen LogP contribution in [-0.2, 0) is 9.53 Å². The van der Waals surface area contributed by atoms with Crippen LogP contribution in [0.3, 0.4) is 0 Å². The van der Waals surface area contributed by atoms with Crippen LogP contribution in [0.4, 0.5) is 0 Å². The van der Waals surface area contributed by atoms with E-state index in [1.807, 2.05) is 30.3 Å². The Morgan fingerprint density at radius 3 is 2.36 bits per heavy atom. The van der Waals surface area contributed by atoms with Crippen LogP contribution in [0.2, 0.25) is 0 Å². The molecule has 0 aliphatic rings. The van der Waals surface area contributed by atoms with Gasteiger partial charge in [0.25, 0.3) is 5.22 Å². The predicted molar refractivity (Wildman–Crippen MR) is 105 cm³/mol. The van der Waals surface area contributed by atoms with Crippen molar-refractivity contribution in [1.29, 1.82) is 0 Å². The Hall–Kier alpha value is -3.00. The molecule has 0 aliphatic carbocycles. The van der Waals surface area contributed by atoms with E-state index in [0.717, 1.165) is 17.3 Å². The van der Waals surface area contributed by atoms with Crippen molar-refractivity contribution >= 4 is 17.7 Å². The highest BCUT2D eigenvalue weighted by atomic mass is 32.2. The maximum atomic E-state index is 12.4. The van der Waals surface area contributed by atoms with Gasteiger partial charge in [0, 0.05) is 11.6 Å². The van der Waals surface area contributed by atoms with Crippen LogP contribution in [0, 0.1) is 0 Å². The maximum absolute atomic E-state index is 12.4. The van der Waals surface area contributed by atoms with Gasteiger partial charge >= 0.3 is 5.97 Å². The SMILES string of the molecule is CCOC(=O)[C@H](Sc1nnc(-c2cc(OC)cc(OC)c2)o1)c1ccccc1. The van der Waals surface area contributed by atoms with E-state index in [1.54, 1.807) is 39.3 Å². The van der Waals surface area contributed by atoms with Crippen LogP contribution in [0.5, 0.6) is 11.5 Å². The van der Waals surface area contributed by atoms with Crippen LogP contribution in [-0.4, -0.2) is 37.0 Å². The molecule has 3 aromatic rings. The van der Waals surface area contributed by atoms with Crippen molar-refractivity contribution in [3.8, 4) is 23.0 Å². The zero-order valence-electron chi connectivity index (χ0n) is 15.7. The fourth-order valence-corrected chi connectivity index (χ4v) is 3.38. The van der Waals surface area contributed by atoms with E-state index in [9.17, 15) is 4.79 Å². The first-order valence-corrected chi connectivity index (χ1v) is 9.47. The molecule has 1 aromatic heterocycles. The van der Waals surface area contributed by atoms with Crippen molar-refractivity contribution in [3.05, 3.63) is 54.1 Å². The lowest BCUT2D eigenvalue weighted by Gasteiger charge is -2.13. The highest BCUT2D eigenvalue weighted by molar-refractivity contribution is 8.00. The Morgan fingerprint density at radius 1 is 1.07 bits per heavy atom. The number of carbonyl (C=O) groups is 1. The summed E-state index contributed by atoms with van der Waals surface area (Å²) < 4.78 is 21.5. The summed E-state index contributed by atoms with van der Waals surface area (Å²) in [6.07, 6.45) is 0. The zero-order valence-corrected chi connectivity index (χ0v) is 16.6. The molecule has 0 bridgehead atoms. The van der Waals surface area contributed by atoms with Gasteiger partial charge in [-0.25, -0.2) is 0 Å². The molecule has 3 rings (SSSR count). The van der Waals surface area contributed by atoms with Crippen LogP contribution < -0.4 is 9.47 Å². The fraction of sp³-hybridized carbons (Fsp3) is 0.250. The Balaban J connectivity index is 1.87. The van der Waals surface area contributed by atoms with E-state index in [-0.39, 0.29) is 11.2 Å². The summed E-state index contributed by atoms with van der Waals surface area (Å²) in [4.78, 5) is 12.4. The van der Waals surface area contributed by atoms with Crippen molar-refractivity contribution in [2.45, 2.75) is 17.4 Å². The molecular formula is C20H20N2O5S. The van der Waals surface area contributed by atoms with Gasteiger partial charge in [-0.05, 0) is 36.4 Å². The highest BCUT2D eigenvalue weighted by Gasteiger charge is 2.26. The molecule has 7 nitrogen and oxygen atoms in total. The van der Waals surface area contributed by atoms with Crippen molar-refractivity contribution < 1.29 is 23.4 Å². The van der Waals surface area contributed by atoms with Crippen LogP contribution in [0.25, 0.3) is 11.5 Å². The third kappa shape index (κ3) is 4.64. The lowest BCUT2D eigenvalue weighted by atomic mass is 10.1. The number of hydrogen-bond donors (Lipinski definition) is 0. The van der Waals surface area contributed by atoms with Gasteiger partial charge < -0.3 is 18.6 Å². The normalized spacial score (nSPS) is 11.7. The van der Waals surface area contributed by atoms with Gasteiger partial charge in [-0.1, -0.05) is 30.3 Å². The van der Waals surface area contributed by atoms with Crippen molar-refractivity contribution in [3.63, 3.8) is 0 Å². The quantitative estimate of drug-likeness (QED) is 0.412. The third-order valence-electron chi connectivity index (χ3n) is 3.83. The van der Waals surface area contributed by atoms with E-state index in [1.165, 1.54) is 0 Å². The number of hydrogen-bond acceptors (Lipinski definition) is 8. The Bertz CT molecular complexity index is 907. The molecule has 146 valence electrons. The molecule has 0 saturated carbocycles. The van der Waals surface area contributed by atoms with Gasteiger partial charge in [0.15, 0.2) is 0 Å². The number of carbonyl (C=O) groups excluding carboxylic acids is 1. The second kappa shape index (κ2) is 9.27. The Morgan fingerprint density at radius 2 is 1.75 bits per heavy atom. The second-order valence-electron chi connectivity index (χ2n) is 5.64.